The molecule has 0 bridgehead atoms. The van der Waals surface area contributed by atoms with Crippen molar-refractivity contribution in [3.05, 3.63) is 44.8 Å². The van der Waals surface area contributed by atoms with Gasteiger partial charge in [-0.2, -0.15) is 0 Å². The van der Waals surface area contributed by atoms with E-state index in [1.165, 1.54) is 27.0 Å². The predicted octanol–water partition coefficient (Wildman–Crippen LogP) is 4.07. The summed E-state index contributed by atoms with van der Waals surface area (Å²) in [5, 5.41) is 52.1. The standard InChI is InChI=1S/C26H26O9/c1-25(2,32)17(30)7-10-13(27)8-14(28)19-21(31)11-6-12-18-20(23(11)34-22(10)19)16(33-5)9-15(29)24(18)35-26(12,3)4/h7-9,12,27-30,32H,6H2,1-5H3. The topological polar surface area (TPSA) is 150 Å². The van der Waals surface area contributed by atoms with Gasteiger partial charge < -0.3 is 39.4 Å². The van der Waals surface area contributed by atoms with Gasteiger partial charge in [-0.1, -0.05) is 0 Å². The molecule has 1 unspecified atom stereocenters. The second-order valence-corrected chi connectivity index (χ2v) is 10.0. The zero-order valence-corrected chi connectivity index (χ0v) is 19.9. The average molecular weight is 482 g/mol. The Labute approximate surface area is 200 Å². The van der Waals surface area contributed by atoms with Gasteiger partial charge in [0.2, 0.25) is 0 Å². The maximum absolute atomic E-state index is 13.7. The Kier molecular flexibility index (Phi) is 4.64. The Hall–Kier alpha value is -3.85. The van der Waals surface area contributed by atoms with Crippen LogP contribution in [0, 0.1) is 0 Å². The highest BCUT2D eigenvalue weighted by Crippen LogP contribution is 2.59. The van der Waals surface area contributed by atoms with Crippen molar-refractivity contribution in [3.8, 4) is 40.1 Å². The van der Waals surface area contributed by atoms with E-state index < -0.39 is 33.9 Å². The summed E-state index contributed by atoms with van der Waals surface area (Å²) < 4.78 is 17.8. The van der Waals surface area contributed by atoms with E-state index in [0.29, 0.717) is 11.1 Å². The van der Waals surface area contributed by atoms with E-state index in [1.54, 1.807) is 0 Å². The van der Waals surface area contributed by atoms with Crippen LogP contribution >= 0.6 is 0 Å². The molecule has 1 atom stereocenters. The first kappa shape index (κ1) is 22.9. The Balaban J connectivity index is 1.93. The van der Waals surface area contributed by atoms with Crippen molar-refractivity contribution in [2.24, 2.45) is 0 Å². The summed E-state index contributed by atoms with van der Waals surface area (Å²) >= 11 is 0. The fourth-order valence-corrected chi connectivity index (χ4v) is 4.94. The second-order valence-electron chi connectivity index (χ2n) is 10.0. The predicted molar refractivity (Wildman–Crippen MR) is 128 cm³/mol. The fraction of sp³-hybridized carbons (Fsp3) is 0.346. The number of methoxy groups -OCH3 is 1. The number of phenols is 3. The summed E-state index contributed by atoms with van der Waals surface area (Å²) in [4.78, 5) is 13.7. The molecule has 9 nitrogen and oxygen atoms in total. The number of hydrogen-bond acceptors (Lipinski definition) is 9. The van der Waals surface area contributed by atoms with Crippen molar-refractivity contribution >= 4 is 17.0 Å². The fourth-order valence-electron chi connectivity index (χ4n) is 4.94. The normalized spacial score (nSPS) is 18.2. The Morgan fingerprint density at radius 1 is 1.17 bits per heavy atom. The molecule has 0 fully saturated rings. The summed E-state index contributed by atoms with van der Waals surface area (Å²) in [6, 6.07) is 2.37. The van der Waals surface area contributed by atoms with E-state index in [9.17, 15) is 30.3 Å². The summed E-state index contributed by atoms with van der Waals surface area (Å²) in [5.74, 6) is -1.15. The molecule has 2 aliphatic rings. The molecule has 0 saturated carbocycles. The van der Waals surface area contributed by atoms with Gasteiger partial charge in [0.15, 0.2) is 22.5 Å². The minimum Gasteiger partial charge on any atom is -0.509 e. The molecule has 0 spiro atoms. The van der Waals surface area contributed by atoms with Crippen LogP contribution in [0.15, 0.2) is 27.1 Å². The van der Waals surface area contributed by atoms with Crippen LogP contribution in [0.4, 0.5) is 0 Å². The van der Waals surface area contributed by atoms with Crippen molar-refractivity contribution < 1.29 is 39.4 Å². The van der Waals surface area contributed by atoms with E-state index in [1.807, 2.05) is 13.8 Å². The lowest BCUT2D eigenvalue weighted by Gasteiger charge is -2.30. The molecule has 2 aromatic carbocycles. The highest BCUT2D eigenvalue weighted by Gasteiger charge is 2.49. The first-order valence-corrected chi connectivity index (χ1v) is 11.1. The summed E-state index contributed by atoms with van der Waals surface area (Å²) in [7, 11) is 1.42. The number of aromatic hydroxyl groups is 3. The lowest BCUT2D eigenvalue weighted by molar-refractivity contribution is 0.0733. The number of hydrogen-bond donors (Lipinski definition) is 5. The van der Waals surface area contributed by atoms with Crippen LogP contribution in [-0.4, -0.2) is 43.8 Å². The first-order valence-electron chi connectivity index (χ1n) is 11.1. The third-order valence-electron chi connectivity index (χ3n) is 6.83. The van der Waals surface area contributed by atoms with Crippen LogP contribution < -0.4 is 14.9 Å². The van der Waals surface area contributed by atoms with Crippen molar-refractivity contribution in [2.75, 3.05) is 7.11 Å². The average Bonchev–Trinajstić information content (AvgIpc) is 3.03. The molecule has 3 aromatic rings. The smallest absolute Gasteiger partial charge is 0.200 e. The zero-order valence-electron chi connectivity index (χ0n) is 19.9. The van der Waals surface area contributed by atoms with Gasteiger partial charge in [0.05, 0.1) is 18.2 Å². The number of benzene rings is 2. The molecule has 9 heteroatoms. The van der Waals surface area contributed by atoms with Crippen LogP contribution in [0.25, 0.3) is 28.4 Å². The van der Waals surface area contributed by atoms with Gasteiger partial charge in [0, 0.05) is 29.2 Å². The number of aliphatic hydroxyl groups excluding tert-OH is 1. The molecule has 0 amide bonds. The molecule has 2 heterocycles. The number of fused-ring (bicyclic) bond motifs is 3. The third-order valence-corrected chi connectivity index (χ3v) is 6.83. The zero-order chi connectivity index (χ0) is 25.6. The van der Waals surface area contributed by atoms with Crippen LogP contribution in [0.3, 0.4) is 0 Å². The van der Waals surface area contributed by atoms with E-state index in [0.717, 1.165) is 12.1 Å². The number of aliphatic hydroxyl groups is 2. The highest BCUT2D eigenvalue weighted by molar-refractivity contribution is 5.96. The molecule has 0 radical (unpaired) electrons. The Bertz CT molecular complexity index is 1500. The van der Waals surface area contributed by atoms with Crippen molar-refractivity contribution in [3.63, 3.8) is 0 Å². The molecule has 1 aliphatic heterocycles. The van der Waals surface area contributed by atoms with Crippen molar-refractivity contribution in [1.82, 2.24) is 0 Å². The highest BCUT2D eigenvalue weighted by atomic mass is 16.5. The van der Waals surface area contributed by atoms with E-state index >= 15 is 0 Å². The van der Waals surface area contributed by atoms with Crippen molar-refractivity contribution in [2.45, 2.75) is 51.2 Å². The molecule has 5 rings (SSSR count). The van der Waals surface area contributed by atoms with Crippen LogP contribution in [0.5, 0.6) is 28.7 Å². The molecule has 0 saturated heterocycles. The van der Waals surface area contributed by atoms with Crippen LogP contribution in [-0.2, 0) is 6.42 Å². The van der Waals surface area contributed by atoms with E-state index in [-0.39, 0.29) is 57.4 Å². The molecule has 35 heavy (non-hydrogen) atoms. The lowest BCUT2D eigenvalue weighted by Crippen LogP contribution is -2.34. The maximum atomic E-state index is 13.7. The summed E-state index contributed by atoms with van der Waals surface area (Å²) in [6.45, 7) is 6.42. The maximum Gasteiger partial charge on any atom is 0.200 e. The molecular weight excluding hydrogens is 456 g/mol. The molecular formula is C26H26O9. The molecule has 1 aliphatic carbocycles. The minimum absolute atomic E-state index is 0.0922. The quantitative estimate of drug-likeness (QED) is 0.348. The van der Waals surface area contributed by atoms with E-state index in [4.69, 9.17) is 13.9 Å². The van der Waals surface area contributed by atoms with Gasteiger partial charge in [0.1, 0.15) is 45.4 Å². The minimum atomic E-state index is -1.64. The molecule has 184 valence electrons. The molecule has 5 N–H and O–H groups in total. The summed E-state index contributed by atoms with van der Waals surface area (Å²) in [6.07, 6.45) is 1.30. The van der Waals surface area contributed by atoms with Gasteiger partial charge in [0.25, 0.3) is 0 Å². The molecule has 1 aromatic heterocycles. The van der Waals surface area contributed by atoms with Gasteiger partial charge in [-0.15, -0.1) is 0 Å². The van der Waals surface area contributed by atoms with Gasteiger partial charge in [-0.05, 0) is 40.2 Å². The monoisotopic (exact) mass is 482 g/mol. The third kappa shape index (κ3) is 3.15. The Morgan fingerprint density at radius 2 is 1.86 bits per heavy atom. The summed E-state index contributed by atoms with van der Waals surface area (Å²) in [5.41, 5.74) is -1.81. The van der Waals surface area contributed by atoms with Crippen LogP contribution in [0.2, 0.25) is 0 Å². The lowest BCUT2D eigenvalue weighted by atomic mass is 9.74. The largest absolute Gasteiger partial charge is 0.509 e. The number of ether oxygens (including phenoxy) is 2. The van der Waals surface area contributed by atoms with Crippen LogP contribution in [0.1, 0.15) is 50.3 Å². The SMILES string of the molecule is COc1cc(O)c2c3c1-c1oc4c(C=C(O)C(C)(C)O)c(O)cc(O)c4c(=O)c1CC3C(C)(C)O2. The second kappa shape index (κ2) is 7.08. The van der Waals surface area contributed by atoms with Gasteiger partial charge >= 0.3 is 0 Å². The first-order chi connectivity index (χ1) is 16.3. The van der Waals surface area contributed by atoms with Gasteiger partial charge in [-0.25, -0.2) is 0 Å². The van der Waals surface area contributed by atoms with Gasteiger partial charge in [-0.3, -0.25) is 4.79 Å². The van der Waals surface area contributed by atoms with Crippen molar-refractivity contribution in [1.29, 1.82) is 0 Å². The Morgan fingerprint density at radius 3 is 2.49 bits per heavy atom. The number of rotatable bonds is 3. The number of phenolic OH excluding ortho intramolecular Hbond substituents is 3. The van der Waals surface area contributed by atoms with E-state index in [2.05, 4.69) is 0 Å².